The average molecular weight is 545 g/mol. The van der Waals surface area contributed by atoms with E-state index in [9.17, 15) is 8.22 Å². The molecule has 0 unspecified atom stereocenters. The summed E-state index contributed by atoms with van der Waals surface area (Å²) in [6.07, 6.45) is 0. The molecule has 1 nitrogen and oxygen atoms in total. The Hall–Kier alpha value is -5.40. The molecule has 1 aromatic heterocycles. The molecule has 0 aliphatic carbocycles. The van der Waals surface area contributed by atoms with E-state index >= 15 is 0 Å². The van der Waals surface area contributed by atoms with Crippen LogP contribution in [0.3, 0.4) is 0 Å². The van der Waals surface area contributed by atoms with Crippen LogP contribution in [-0.2, 0) is 0 Å². The van der Waals surface area contributed by atoms with Gasteiger partial charge in [-0.2, -0.15) is 0 Å². The summed E-state index contributed by atoms with van der Waals surface area (Å²) in [6.45, 7) is 0. The highest BCUT2D eigenvalue weighted by atomic mass is 16.3. The highest BCUT2D eigenvalue weighted by molar-refractivity contribution is 6.30. The zero-order valence-electron chi connectivity index (χ0n) is 44.4. The van der Waals surface area contributed by atoms with Crippen molar-refractivity contribution in [2.45, 2.75) is 0 Å². The van der Waals surface area contributed by atoms with Crippen molar-refractivity contribution in [1.82, 2.24) is 0 Å². The predicted molar refractivity (Wildman–Crippen MR) is 175 cm³/mol. The van der Waals surface area contributed by atoms with Gasteiger partial charge < -0.3 is 4.42 Å². The fourth-order valence-electron chi connectivity index (χ4n) is 5.29. The van der Waals surface area contributed by atoms with Crippen LogP contribution in [0.25, 0.3) is 87.3 Å². The van der Waals surface area contributed by atoms with Gasteiger partial charge in [-0.25, -0.2) is 0 Å². The van der Waals surface area contributed by atoms with Gasteiger partial charge in [-0.05, 0) is 66.7 Å². The zero-order chi connectivity index (χ0) is 47.8. The number of rotatable bonds is 2. The van der Waals surface area contributed by atoms with Crippen LogP contribution in [0.2, 0.25) is 0 Å². The minimum absolute atomic E-state index is 0.454. The number of furan rings is 1. The fourth-order valence-corrected chi connectivity index (χ4v) is 5.29. The first-order chi connectivity index (χ1) is 30.3. The molecule has 9 rings (SSSR count). The maximum atomic E-state index is 9.93. The van der Waals surface area contributed by atoms with Gasteiger partial charge in [-0.15, -0.1) is 0 Å². The standard InChI is InChI=1S/C40H24O/c1-2-13-26(14-3-1)36-30-18-8-10-20-32(30)37(33-21-11-9-19-31(33)36)35-24-27-15-5-7-17-29(27)40-38(35)34-23-22-25-12-4-6-16-28(25)39(34)41-40/h1-24H/i1D,2D,3D,4D,5D,6D,7D,8D,9D,10D,11D,12D,13D,14D,15D,16D,17D,18D,19D,20D,21D,22D,23D,24D. The first kappa shape index (κ1) is 9.33. The van der Waals surface area contributed by atoms with Crippen molar-refractivity contribution >= 4 is 65.0 Å². The summed E-state index contributed by atoms with van der Waals surface area (Å²) >= 11 is 0. The lowest BCUT2D eigenvalue weighted by Crippen LogP contribution is -1.91. The first-order valence-corrected chi connectivity index (χ1v) is 12.2. The summed E-state index contributed by atoms with van der Waals surface area (Å²) in [4.78, 5) is 0. The van der Waals surface area contributed by atoms with Gasteiger partial charge >= 0.3 is 0 Å². The van der Waals surface area contributed by atoms with E-state index in [1.54, 1.807) is 0 Å². The van der Waals surface area contributed by atoms with E-state index in [0.717, 1.165) is 0 Å². The van der Waals surface area contributed by atoms with Crippen LogP contribution >= 0.6 is 0 Å². The average Bonchev–Trinajstić information content (AvgIpc) is 3.67. The second-order valence-electron chi connectivity index (χ2n) is 9.01. The maximum Gasteiger partial charge on any atom is 0.143 e. The largest absolute Gasteiger partial charge is 0.455 e. The van der Waals surface area contributed by atoms with E-state index < -0.39 is 232 Å². The van der Waals surface area contributed by atoms with Gasteiger partial charge in [-0.3, -0.25) is 0 Å². The Balaban J connectivity index is 1.75. The summed E-state index contributed by atoms with van der Waals surface area (Å²) in [5, 5.41) is -5.67. The molecule has 0 saturated carbocycles. The molecule has 0 radical (unpaired) electrons. The van der Waals surface area contributed by atoms with E-state index in [1.807, 2.05) is 0 Å². The Kier molecular flexibility index (Phi) is 1.94. The minimum Gasteiger partial charge on any atom is -0.455 e. The maximum absolute atomic E-state index is 9.93. The Morgan fingerprint density at radius 1 is 0.390 bits per heavy atom. The molecule has 41 heavy (non-hydrogen) atoms. The van der Waals surface area contributed by atoms with Crippen molar-refractivity contribution < 1.29 is 37.3 Å². The molecule has 9 aromatic rings. The molecular weight excluding hydrogens is 496 g/mol. The lowest BCUT2D eigenvalue weighted by atomic mass is 9.84. The summed E-state index contributed by atoms with van der Waals surface area (Å²) in [7, 11) is 0. The molecule has 0 bridgehead atoms. The van der Waals surface area contributed by atoms with Crippen molar-refractivity contribution in [1.29, 1.82) is 0 Å². The molecule has 0 spiro atoms. The van der Waals surface area contributed by atoms with Gasteiger partial charge in [0.25, 0.3) is 0 Å². The van der Waals surface area contributed by atoms with E-state index in [2.05, 4.69) is 0 Å². The van der Waals surface area contributed by atoms with Gasteiger partial charge in [0.15, 0.2) is 0 Å². The molecule has 0 atom stereocenters. The third-order valence-corrected chi connectivity index (χ3v) is 6.92. The quantitative estimate of drug-likeness (QED) is 0.197. The fraction of sp³-hybridized carbons (Fsp3) is 0. The topological polar surface area (TPSA) is 13.1 Å². The van der Waals surface area contributed by atoms with Gasteiger partial charge in [0, 0.05) is 21.5 Å². The zero-order valence-corrected chi connectivity index (χ0v) is 20.4. The lowest BCUT2D eigenvalue weighted by molar-refractivity contribution is 0.676. The van der Waals surface area contributed by atoms with Crippen molar-refractivity contribution in [2.75, 3.05) is 0 Å². The molecule has 0 fully saturated rings. The Labute approximate surface area is 270 Å². The third kappa shape index (κ3) is 3.18. The minimum atomic E-state index is -0.949. The smallest absolute Gasteiger partial charge is 0.143 e. The van der Waals surface area contributed by atoms with E-state index in [0.29, 0.717) is 0 Å². The molecule has 1 heteroatoms. The lowest BCUT2D eigenvalue weighted by Gasteiger charge is -2.18. The van der Waals surface area contributed by atoms with Gasteiger partial charge in [-0.1, -0.05) is 133 Å². The van der Waals surface area contributed by atoms with Crippen LogP contribution in [0.5, 0.6) is 0 Å². The number of hydrogen-bond donors (Lipinski definition) is 0. The van der Waals surface area contributed by atoms with Crippen molar-refractivity contribution in [2.24, 2.45) is 0 Å². The highest BCUT2D eigenvalue weighted by Gasteiger charge is 2.22. The summed E-state index contributed by atoms with van der Waals surface area (Å²) in [5.41, 5.74) is -3.75. The molecule has 0 aliphatic heterocycles. The predicted octanol–water partition coefficient (Wildman–Crippen LogP) is 11.5. The van der Waals surface area contributed by atoms with Crippen molar-refractivity contribution in [3.05, 3.63) is 145 Å². The number of fused-ring (bicyclic) bond motifs is 9. The van der Waals surface area contributed by atoms with Gasteiger partial charge in [0.05, 0.1) is 32.9 Å². The second-order valence-corrected chi connectivity index (χ2v) is 9.01. The Bertz CT molecular complexity index is 3710. The monoisotopic (exact) mass is 544 g/mol. The Morgan fingerprint density at radius 2 is 0.902 bits per heavy atom. The number of hydrogen-bond acceptors (Lipinski definition) is 1. The molecule has 0 amide bonds. The summed E-state index contributed by atoms with van der Waals surface area (Å²) < 4.78 is 220. The van der Waals surface area contributed by atoms with Gasteiger partial charge in [0.1, 0.15) is 11.2 Å². The van der Waals surface area contributed by atoms with Crippen LogP contribution in [-0.4, -0.2) is 0 Å². The summed E-state index contributed by atoms with van der Waals surface area (Å²) in [6, 6.07) is -20.9. The molecular formula is C40H24O. The Morgan fingerprint density at radius 3 is 1.56 bits per heavy atom. The molecule has 1 heterocycles. The molecule has 190 valence electrons. The van der Waals surface area contributed by atoms with Gasteiger partial charge in [0.2, 0.25) is 0 Å². The van der Waals surface area contributed by atoms with E-state index in [-0.39, 0.29) is 0 Å². The third-order valence-electron chi connectivity index (χ3n) is 6.92. The normalized spacial score (nSPS) is 20.1. The molecule has 0 aliphatic rings. The van der Waals surface area contributed by atoms with E-state index in [1.165, 1.54) is 0 Å². The molecule has 0 saturated heterocycles. The van der Waals surface area contributed by atoms with Crippen LogP contribution in [0.15, 0.2) is 149 Å². The highest BCUT2D eigenvalue weighted by Crippen LogP contribution is 2.49. The van der Waals surface area contributed by atoms with Crippen molar-refractivity contribution in [3.63, 3.8) is 0 Å². The summed E-state index contributed by atoms with van der Waals surface area (Å²) in [5.74, 6) is 0. The van der Waals surface area contributed by atoms with Crippen LogP contribution < -0.4 is 0 Å². The van der Waals surface area contributed by atoms with Crippen molar-refractivity contribution in [3.8, 4) is 22.3 Å². The molecule has 8 aromatic carbocycles. The van der Waals surface area contributed by atoms with Crippen LogP contribution in [0.4, 0.5) is 0 Å². The first-order valence-electron chi connectivity index (χ1n) is 24.2. The second kappa shape index (κ2) is 8.55. The van der Waals surface area contributed by atoms with Crippen LogP contribution in [0.1, 0.15) is 32.9 Å². The molecule has 0 N–H and O–H groups in total. The number of benzene rings is 8. The SMILES string of the molecule is [2H]c1c([2H])c([2H])c(-c2c3c([2H])c([2H])c([2H])c([2H])c3c(-c3c([2H])c4c([2H])c([2H])c([2H])c([2H])c4c4oc5c6c([2H])c([2H])c([2H])c([2H])c6c([2H])c([2H])c5c34)c3c([2H])c([2H])c([2H])c([2H])c23)c([2H])c1[2H]. The van der Waals surface area contributed by atoms with Crippen LogP contribution in [0, 0.1) is 0 Å². The van der Waals surface area contributed by atoms with E-state index in [4.69, 9.17) is 29.1 Å².